The predicted molar refractivity (Wildman–Crippen MR) is 67.6 cm³/mol. The molecular formula is C13H22N2. The number of rotatable bonds is 3. The van der Waals surface area contributed by atoms with Gasteiger partial charge in [-0.1, -0.05) is 33.3 Å². The van der Waals surface area contributed by atoms with Gasteiger partial charge >= 0.3 is 0 Å². The second-order valence-corrected chi connectivity index (χ2v) is 4.50. The Hall–Kier alpha value is -0.920. The fourth-order valence-corrected chi connectivity index (χ4v) is 1.60. The molecule has 0 aliphatic heterocycles. The molecule has 1 rings (SSSR count). The Morgan fingerprint density at radius 1 is 1.20 bits per heavy atom. The third-order valence-electron chi connectivity index (χ3n) is 2.81. The van der Waals surface area contributed by atoms with Crippen LogP contribution in [0.2, 0.25) is 0 Å². The average Bonchev–Trinajstić information content (AvgIpc) is 2.46. The first-order chi connectivity index (χ1) is 7.20. The Morgan fingerprint density at radius 3 is 2.33 bits per heavy atom. The fraction of sp³-hybridized carbons (Fsp3) is 0.692. The van der Waals surface area contributed by atoms with Gasteiger partial charge < -0.3 is 0 Å². The molecule has 1 fully saturated rings. The van der Waals surface area contributed by atoms with Gasteiger partial charge in [0, 0.05) is 11.4 Å². The van der Waals surface area contributed by atoms with E-state index in [1.165, 1.54) is 31.4 Å². The topological polar surface area (TPSA) is 24.7 Å². The summed E-state index contributed by atoms with van der Waals surface area (Å²) in [4.78, 5) is 8.67. The number of hydrogen-bond acceptors (Lipinski definition) is 1. The Balaban J connectivity index is 2.44. The molecule has 1 aliphatic carbocycles. The Bertz CT molecular complexity index is 252. The van der Waals surface area contributed by atoms with Crippen molar-refractivity contribution in [2.45, 2.75) is 52.4 Å². The highest BCUT2D eigenvalue weighted by atomic mass is 14.9. The summed E-state index contributed by atoms with van der Waals surface area (Å²) in [6.07, 6.45) is 9.28. The van der Waals surface area contributed by atoms with E-state index in [4.69, 9.17) is 0 Å². The Morgan fingerprint density at radius 2 is 1.80 bits per heavy atom. The minimum atomic E-state index is 0.413. The quantitative estimate of drug-likeness (QED) is 0.379. The van der Waals surface area contributed by atoms with Gasteiger partial charge in [-0.05, 0) is 31.6 Å². The molecule has 0 N–H and O–H groups in total. The predicted octanol–water partition coefficient (Wildman–Crippen LogP) is 3.98. The maximum atomic E-state index is 4.43. The summed E-state index contributed by atoms with van der Waals surface area (Å²) < 4.78 is 0. The third kappa shape index (κ3) is 4.91. The first kappa shape index (κ1) is 12.2. The van der Waals surface area contributed by atoms with Gasteiger partial charge in [0.1, 0.15) is 6.34 Å². The van der Waals surface area contributed by atoms with Crippen molar-refractivity contribution in [3.8, 4) is 0 Å². The summed E-state index contributed by atoms with van der Waals surface area (Å²) >= 11 is 0. The molecule has 0 saturated heterocycles. The minimum absolute atomic E-state index is 0.413. The lowest BCUT2D eigenvalue weighted by Gasteiger charge is -2.01. The van der Waals surface area contributed by atoms with Crippen molar-refractivity contribution in [2.24, 2.45) is 15.9 Å². The highest BCUT2D eigenvalue weighted by molar-refractivity contribution is 5.90. The number of nitrogens with zero attached hydrogens (tertiary/aromatic N) is 2. The van der Waals surface area contributed by atoms with E-state index in [0.29, 0.717) is 5.92 Å². The van der Waals surface area contributed by atoms with E-state index in [9.17, 15) is 0 Å². The van der Waals surface area contributed by atoms with Crippen molar-refractivity contribution in [1.29, 1.82) is 0 Å². The molecule has 0 aromatic rings. The molecule has 0 heterocycles. The van der Waals surface area contributed by atoms with Gasteiger partial charge in [-0.2, -0.15) is 0 Å². The van der Waals surface area contributed by atoms with E-state index in [1.54, 1.807) is 6.34 Å². The van der Waals surface area contributed by atoms with E-state index < -0.39 is 0 Å². The fourth-order valence-electron chi connectivity index (χ4n) is 1.60. The van der Waals surface area contributed by atoms with Crippen LogP contribution < -0.4 is 0 Å². The van der Waals surface area contributed by atoms with Gasteiger partial charge in [-0.15, -0.1) is 0 Å². The highest BCUT2D eigenvalue weighted by Gasteiger charge is 2.04. The molecule has 2 nitrogen and oxygen atoms in total. The van der Waals surface area contributed by atoms with Crippen LogP contribution in [0, 0.1) is 5.92 Å². The van der Waals surface area contributed by atoms with E-state index >= 15 is 0 Å². The monoisotopic (exact) mass is 206 g/mol. The summed E-state index contributed by atoms with van der Waals surface area (Å²) in [6.45, 7) is 8.08. The van der Waals surface area contributed by atoms with Crippen LogP contribution in [-0.2, 0) is 0 Å². The van der Waals surface area contributed by atoms with Crippen LogP contribution >= 0.6 is 0 Å². The SMILES string of the molecule is C=C(N=CN=C1CCCCCC1)C(C)C. The average molecular weight is 206 g/mol. The molecule has 0 aromatic carbocycles. The molecule has 0 atom stereocenters. The van der Waals surface area contributed by atoms with Crippen molar-refractivity contribution >= 4 is 12.1 Å². The molecule has 84 valence electrons. The van der Waals surface area contributed by atoms with Crippen molar-refractivity contribution < 1.29 is 0 Å². The molecular weight excluding hydrogens is 184 g/mol. The maximum Gasteiger partial charge on any atom is 0.115 e. The molecule has 0 aromatic heterocycles. The van der Waals surface area contributed by atoms with Crippen LogP contribution in [0.4, 0.5) is 0 Å². The zero-order valence-electron chi connectivity index (χ0n) is 10.00. The van der Waals surface area contributed by atoms with Gasteiger partial charge in [-0.25, -0.2) is 9.98 Å². The second kappa shape index (κ2) is 6.54. The number of aliphatic imine (C=N–C) groups is 2. The summed E-state index contributed by atoms with van der Waals surface area (Å²) in [5.41, 5.74) is 2.22. The zero-order valence-corrected chi connectivity index (χ0v) is 10.00. The van der Waals surface area contributed by atoms with Crippen molar-refractivity contribution in [1.82, 2.24) is 0 Å². The lowest BCUT2D eigenvalue weighted by atomic mass is 10.2. The van der Waals surface area contributed by atoms with Crippen LogP contribution in [0.15, 0.2) is 22.3 Å². The molecule has 1 aliphatic rings. The smallest absolute Gasteiger partial charge is 0.115 e. The summed E-state index contributed by atoms with van der Waals surface area (Å²) in [7, 11) is 0. The molecule has 0 unspecified atom stereocenters. The van der Waals surface area contributed by atoms with Crippen LogP contribution in [0.3, 0.4) is 0 Å². The normalized spacial score (nSPS) is 18.2. The summed E-state index contributed by atoms with van der Waals surface area (Å²) in [5.74, 6) is 0.413. The van der Waals surface area contributed by atoms with Gasteiger partial charge in [0.25, 0.3) is 0 Å². The lowest BCUT2D eigenvalue weighted by molar-refractivity contribution is 0.702. The minimum Gasteiger partial charge on any atom is -0.246 e. The van der Waals surface area contributed by atoms with E-state index in [0.717, 1.165) is 18.5 Å². The van der Waals surface area contributed by atoms with E-state index in [1.807, 2.05) is 0 Å². The first-order valence-electron chi connectivity index (χ1n) is 5.97. The molecule has 0 amide bonds. The largest absolute Gasteiger partial charge is 0.246 e. The van der Waals surface area contributed by atoms with E-state index in [-0.39, 0.29) is 0 Å². The highest BCUT2D eigenvalue weighted by Crippen LogP contribution is 2.14. The molecule has 0 radical (unpaired) electrons. The number of allylic oxidation sites excluding steroid dienone is 1. The van der Waals surface area contributed by atoms with Crippen molar-refractivity contribution in [3.05, 3.63) is 12.3 Å². The van der Waals surface area contributed by atoms with Crippen LogP contribution in [0.5, 0.6) is 0 Å². The molecule has 0 bridgehead atoms. The summed E-state index contributed by atoms with van der Waals surface area (Å²) in [5, 5.41) is 0. The van der Waals surface area contributed by atoms with Gasteiger partial charge in [-0.3, -0.25) is 0 Å². The van der Waals surface area contributed by atoms with Crippen molar-refractivity contribution in [3.63, 3.8) is 0 Å². The Kier molecular flexibility index (Phi) is 5.30. The first-order valence-corrected chi connectivity index (χ1v) is 5.97. The third-order valence-corrected chi connectivity index (χ3v) is 2.81. The van der Waals surface area contributed by atoms with Gasteiger partial charge in [0.15, 0.2) is 0 Å². The lowest BCUT2D eigenvalue weighted by Crippen LogP contribution is -1.96. The maximum absolute atomic E-state index is 4.43. The number of hydrogen-bond donors (Lipinski definition) is 0. The molecule has 0 spiro atoms. The second-order valence-electron chi connectivity index (χ2n) is 4.50. The van der Waals surface area contributed by atoms with Gasteiger partial charge in [0.2, 0.25) is 0 Å². The molecule has 15 heavy (non-hydrogen) atoms. The molecule has 2 heteroatoms. The standard InChI is InChI=1S/C13H22N2/c1-11(2)12(3)14-10-15-13-8-6-4-5-7-9-13/h10-11H,3-9H2,1-2H3. The zero-order chi connectivity index (χ0) is 11.1. The van der Waals surface area contributed by atoms with Crippen LogP contribution in [0.25, 0.3) is 0 Å². The van der Waals surface area contributed by atoms with Crippen LogP contribution in [0.1, 0.15) is 52.4 Å². The summed E-state index contributed by atoms with van der Waals surface area (Å²) in [6, 6.07) is 0. The van der Waals surface area contributed by atoms with Crippen molar-refractivity contribution in [2.75, 3.05) is 0 Å². The molecule has 1 saturated carbocycles. The van der Waals surface area contributed by atoms with Crippen LogP contribution in [-0.4, -0.2) is 12.1 Å². The Labute approximate surface area is 93.2 Å². The van der Waals surface area contributed by atoms with Gasteiger partial charge in [0.05, 0.1) is 0 Å². The van der Waals surface area contributed by atoms with E-state index in [2.05, 4.69) is 30.4 Å².